The molecule has 3 nitrogen and oxygen atoms in total. The molecule has 0 amide bonds. The number of alkyl halides is 3. The minimum Gasteiger partial charge on any atom is -0.310 e. The van der Waals surface area contributed by atoms with Gasteiger partial charge in [0.15, 0.2) is 0 Å². The first kappa shape index (κ1) is 15.3. The number of hydrogen-bond donors (Lipinski definition) is 1. The number of hydrogen-bond acceptors (Lipinski definition) is 3. The summed E-state index contributed by atoms with van der Waals surface area (Å²) in [5.74, 6) is 0.288. The van der Waals surface area contributed by atoms with Crippen molar-refractivity contribution < 1.29 is 13.2 Å². The first-order valence-electron chi connectivity index (χ1n) is 6.86. The molecule has 1 aliphatic heterocycles. The van der Waals surface area contributed by atoms with Gasteiger partial charge in [-0.3, -0.25) is 9.88 Å². The number of nitrogens with one attached hydrogen (secondary N) is 1. The Labute approximate surface area is 117 Å². The molecule has 2 atom stereocenters. The fraction of sp³-hybridized carbons (Fsp3) is 0.643. The Kier molecular flexibility index (Phi) is 4.99. The van der Waals surface area contributed by atoms with Crippen LogP contribution >= 0.6 is 0 Å². The molecule has 1 fully saturated rings. The number of likely N-dealkylation sites (tertiary alicyclic amines) is 1. The molecule has 0 saturated carbocycles. The molecule has 2 unspecified atom stereocenters. The molecule has 20 heavy (non-hydrogen) atoms. The SMILES string of the molecule is CC(NCC1CCN(CC(F)(F)F)C1)c1cccnc1. The van der Waals surface area contributed by atoms with Crippen LogP contribution in [-0.4, -0.2) is 42.2 Å². The van der Waals surface area contributed by atoms with E-state index in [9.17, 15) is 13.2 Å². The molecule has 6 heteroatoms. The van der Waals surface area contributed by atoms with Crippen LogP contribution in [0.5, 0.6) is 0 Å². The lowest BCUT2D eigenvalue weighted by molar-refractivity contribution is -0.143. The van der Waals surface area contributed by atoms with Gasteiger partial charge in [-0.1, -0.05) is 6.07 Å². The molecule has 0 bridgehead atoms. The zero-order valence-electron chi connectivity index (χ0n) is 11.5. The summed E-state index contributed by atoms with van der Waals surface area (Å²) in [5, 5.41) is 3.38. The van der Waals surface area contributed by atoms with Gasteiger partial charge in [-0.05, 0) is 44.0 Å². The maximum atomic E-state index is 12.3. The Hall–Kier alpha value is -1.14. The molecule has 0 aliphatic carbocycles. The fourth-order valence-corrected chi connectivity index (χ4v) is 2.57. The second-order valence-corrected chi connectivity index (χ2v) is 5.42. The molecule has 1 aromatic rings. The summed E-state index contributed by atoms with van der Waals surface area (Å²) >= 11 is 0. The minimum atomic E-state index is -4.09. The summed E-state index contributed by atoms with van der Waals surface area (Å²) in [6, 6.07) is 4.05. The average molecular weight is 287 g/mol. The third-order valence-electron chi connectivity index (χ3n) is 3.67. The van der Waals surface area contributed by atoms with E-state index in [2.05, 4.69) is 10.3 Å². The number of pyridine rings is 1. The summed E-state index contributed by atoms with van der Waals surface area (Å²) in [5.41, 5.74) is 1.10. The second-order valence-electron chi connectivity index (χ2n) is 5.42. The number of halogens is 3. The van der Waals surface area contributed by atoms with Crippen LogP contribution in [0.25, 0.3) is 0 Å². The Morgan fingerprint density at radius 2 is 2.30 bits per heavy atom. The van der Waals surface area contributed by atoms with Gasteiger partial charge in [-0.15, -0.1) is 0 Å². The maximum Gasteiger partial charge on any atom is 0.401 e. The summed E-state index contributed by atoms with van der Waals surface area (Å²) in [6.07, 6.45) is 0.263. The lowest BCUT2D eigenvalue weighted by Gasteiger charge is -2.19. The lowest BCUT2D eigenvalue weighted by atomic mass is 10.1. The standard InChI is InChI=1S/C14H20F3N3/c1-11(13-3-2-5-18-8-13)19-7-12-4-6-20(9-12)10-14(15,16)17/h2-3,5,8,11-12,19H,4,6-7,9-10H2,1H3. The molecule has 2 heterocycles. The highest BCUT2D eigenvalue weighted by Gasteiger charge is 2.34. The molecule has 1 aliphatic rings. The summed E-state index contributed by atoms with van der Waals surface area (Å²) < 4.78 is 36.9. The van der Waals surface area contributed by atoms with Gasteiger partial charge >= 0.3 is 6.18 Å². The quantitative estimate of drug-likeness (QED) is 0.902. The topological polar surface area (TPSA) is 28.2 Å². The van der Waals surface area contributed by atoms with Crippen molar-refractivity contribution in [3.8, 4) is 0 Å². The molecule has 0 aromatic carbocycles. The zero-order chi connectivity index (χ0) is 14.6. The Bertz CT molecular complexity index is 408. The monoisotopic (exact) mass is 287 g/mol. The van der Waals surface area contributed by atoms with Crippen LogP contribution in [-0.2, 0) is 0 Å². The van der Waals surface area contributed by atoms with Gasteiger partial charge in [-0.2, -0.15) is 13.2 Å². The smallest absolute Gasteiger partial charge is 0.310 e. The van der Waals surface area contributed by atoms with Gasteiger partial charge < -0.3 is 5.32 Å². The van der Waals surface area contributed by atoms with Crippen LogP contribution in [0, 0.1) is 5.92 Å². The van der Waals surface area contributed by atoms with Crippen molar-refractivity contribution >= 4 is 0 Å². The normalized spacial score (nSPS) is 22.1. The highest BCUT2D eigenvalue weighted by Crippen LogP contribution is 2.23. The first-order valence-corrected chi connectivity index (χ1v) is 6.86. The summed E-state index contributed by atoms with van der Waals surface area (Å²) in [6.45, 7) is 3.05. The summed E-state index contributed by atoms with van der Waals surface area (Å²) in [4.78, 5) is 5.55. The van der Waals surface area contributed by atoms with Gasteiger partial charge in [0.05, 0.1) is 6.54 Å². The molecule has 0 spiro atoms. The van der Waals surface area contributed by atoms with Gasteiger partial charge in [-0.25, -0.2) is 0 Å². The van der Waals surface area contributed by atoms with E-state index in [0.717, 1.165) is 18.5 Å². The molecular weight excluding hydrogens is 267 g/mol. The third kappa shape index (κ3) is 4.76. The van der Waals surface area contributed by atoms with Crippen LogP contribution in [0.3, 0.4) is 0 Å². The van der Waals surface area contributed by atoms with Crippen LogP contribution in [0.4, 0.5) is 13.2 Å². The van der Waals surface area contributed by atoms with E-state index in [1.165, 1.54) is 4.90 Å². The van der Waals surface area contributed by atoms with E-state index in [-0.39, 0.29) is 12.0 Å². The maximum absolute atomic E-state index is 12.3. The van der Waals surface area contributed by atoms with Gasteiger partial charge in [0.2, 0.25) is 0 Å². The summed E-state index contributed by atoms with van der Waals surface area (Å²) in [7, 11) is 0. The molecular formula is C14H20F3N3. The highest BCUT2D eigenvalue weighted by atomic mass is 19.4. The molecule has 1 saturated heterocycles. The average Bonchev–Trinajstić information content (AvgIpc) is 2.82. The fourth-order valence-electron chi connectivity index (χ4n) is 2.57. The van der Waals surface area contributed by atoms with Crippen molar-refractivity contribution in [2.75, 3.05) is 26.2 Å². The zero-order valence-corrected chi connectivity index (χ0v) is 11.5. The molecule has 2 rings (SSSR count). The number of aromatic nitrogens is 1. The van der Waals surface area contributed by atoms with Crippen molar-refractivity contribution in [1.29, 1.82) is 0 Å². The van der Waals surface area contributed by atoms with Gasteiger partial charge in [0.25, 0.3) is 0 Å². The molecule has 1 aromatic heterocycles. The lowest BCUT2D eigenvalue weighted by Crippen LogP contribution is -2.34. The van der Waals surface area contributed by atoms with Crippen LogP contribution < -0.4 is 5.32 Å². The van der Waals surface area contributed by atoms with Crippen molar-refractivity contribution in [2.45, 2.75) is 25.6 Å². The number of rotatable bonds is 5. The van der Waals surface area contributed by atoms with E-state index >= 15 is 0 Å². The molecule has 1 N–H and O–H groups in total. The van der Waals surface area contributed by atoms with E-state index in [1.807, 2.05) is 25.3 Å². The van der Waals surface area contributed by atoms with Crippen molar-refractivity contribution in [1.82, 2.24) is 15.2 Å². The Morgan fingerprint density at radius 1 is 1.50 bits per heavy atom. The van der Waals surface area contributed by atoms with E-state index < -0.39 is 12.7 Å². The predicted molar refractivity (Wildman–Crippen MR) is 71.3 cm³/mol. The third-order valence-corrected chi connectivity index (χ3v) is 3.67. The van der Waals surface area contributed by atoms with E-state index in [4.69, 9.17) is 0 Å². The van der Waals surface area contributed by atoms with Crippen LogP contribution in [0.2, 0.25) is 0 Å². The molecule has 112 valence electrons. The van der Waals surface area contributed by atoms with Gasteiger partial charge in [0.1, 0.15) is 0 Å². The highest BCUT2D eigenvalue weighted by molar-refractivity contribution is 5.12. The Balaban J connectivity index is 1.73. The van der Waals surface area contributed by atoms with E-state index in [0.29, 0.717) is 13.1 Å². The Morgan fingerprint density at radius 3 is 2.95 bits per heavy atom. The van der Waals surface area contributed by atoms with Gasteiger partial charge in [0, 0.05) is 25.0 Å². The van der Waals surface area contributed by atoms with Crippen molar-refractivity contribution in [3.05, 3.63) is 30.1 Å². The first-order chi connectivity index (χ1) is 9.44. The van der Waals surface area contributed by atoms with E-state index in [1.54, 1.807) is 6.20 Å². The molecule has 0 radical (unpaired) electrons. The largest absolute Gasteiger partial charge is 0.401 e. The minimum absolute atomic E-state index is 0.167. The van der Waals surface area contributed by atoms with Crippen molar-refractivity contribution in [3.63, 3.8) is 0 Å². The van der Waals surface area contributed by atoms with Crippen molar-refractivity contribution in [2.24, 2.45) is 5.92 Å². The van der Waals surface area contributed by atoms with Crippen LogP contribution in [0.15, 0.2) is 24.5 Å². The predicted octanol–water partition coefficient (Wildman–Crippen LogP) is 2.62. The van der Waals surface area contributed by atoms with Crippen LogP contribution in [0.1, 0.15) is 24.9 Å². The second kappa shape index (κ2) is 6.54. The number of nitrogens with zero attached hydrogens (tertiary/aromatic N) is 2.